The molecule has 1 aromatic rings. The van der Waals surface area contributed by atoms with Gasteiger partial charge in [0.25, 0.3) is 0 Å². The Kier molecular flexibility index (Phi) is 3.83. The summed E-state index contributed by atoms with van der Waals surface area (Å²) in [5.41, 5.74) is 2.17. The molecule has 0 aromatic heterocycles. The first-order valence-electron chi connectivity index (χ1n) is 4.86. The second kappa shape index (κ2) is 4.76. The summed E-state index contributed by atoms with van der Waals surface area (Å²) in [6.07, 6.45) is 1.13. The zero-order chi connectivity index (χ0) is 12.3. The van der Waals surface area contributed by atoms with Crippen LogP contribution in [0.5, 0.6) is 0 Å². The van der Waals surface area contributed by atoms with Gasteiger partial charge in [-0.15, -0.1) is 0 Å². The van der Waals surface area contributed by atoms with Crippen molar-refractivity contribution in [2.24, 2.45) is 0 Å². The Morgan fingerprint density at radius 2 is 1.81 bits per heavy atom. The molecule has 0 bridgehead atoms. The molecule has 0 saturated heterocycles. The van der Waals surface area contributed by atoms with Crippen molar-refractivity contribution in [3.8, 4) is 0 Å². The molecule has 5 heteroatoms. The highest BCUT2D eigenvalue weighted by atomic mass is 32.2. The quantitative estimate of drug-likeness (QED) is 0.805. The Bertz CT molecular complexity index is 477. The van der Waals surface area contributed by atoms with Crippen LogP contribution in [0, 0.1) is 12.3 Å². The van der Waals surface area contributed by atoms with Gasteiger partial charge < -0.3 is 5.41 Å². The second-order valence-electron chi connectivity index (χ2n) is 3.86. The third-order valence-electron chi connectivity index (χ3n) is 2.35. The van der Waals surface area contributed by atoms with E-state index in [4.69, 9.17) is 5.41 Å². The van der Waals surface area contributed by atoms with Crippen molar-refractivity contribution in [2.75, 3.05) is 19.8 Å². The van der Waals surface area contributed by atoms with Gasteiger partial charge in [0.2, 0.25) is 10.0 Å². The SMILES string of the molecule is Cc1ccc(C(=N)CN(C)S(C)(=O)=O)cc1. The van der Waals surface area contributed by atoms with E-state index < -0.39 is 10.0 Å². The highest BCUT2D eigenvalue weighted by Crippen LogP contribution is 2.05. The highest BCUT2D eigenvalue weighted by Gasteiger charge is 2.13. The molecule has 4 nitrogen and oxygen atoms in total. The van der Waals surface area contributed by atoms with Crippen LogP contribution in [0.3, 0.4) is 0 Å². The van der Waals surface area contributed by atoms with Crippen LogP contribution in [0.25, 0.3) is 0 Å². The van der Waals surface area contributed by atoms with E-state index in [1.54, 1.807) is 0 Å². The Morgan fingerprint density at radius 1 is 1.31 bits per heavy atom. The smallest absolute Gasteiger partial charge is 0.211 e. The molecule has 0 atom stereocenters. The minimum absolute atomic E-state index is 0.0991. The van der Waals surface area contributed by atoms with E-state index in [0.717, 1.165) is 21.7 Å². The molecule has 1 aromatic carbocycles. The molecular weight excluding hydrogens is 224 g/mol. The van der Waals surface area contributed by atoms with Gasteiger partial charge in [0.05, 0.1) is 18.5 Å². The monoisotopic (exact) mass is 240 g/mol. The van der Waals surface area contributed by atoms with Crippen molar-refractivity contribution >= 4 is 15.7 Å². The van der Waals surface area contributed by atoms with Gasteiger partial charge in [-0.3, -0.25) is 0 Å². The van der Waals surface area contributed by atoms with Gasteiger partial charge >= 0.3 is 0 Å². The van der Waals surface area contributed by atoms with Crippen LogP contribution in [0.1, 0.15) is 11.1 Å². The lowest BCUT2D eigenvalue weighted by Crippen LogP contribution is -2.31. The molecular formula is C11H16N2O2S. The molecule has 0 aliphatic rings. The predicted octanol–water partition coefficient (Wildman–Crippen LogP) is 1.25. The summed E-state index contributed by atoms with van der Waals surface area (Å²) in [4.78, 5) is 0. The predicted molar refractivity (Wildman–Crippen MR) is 65.5 cm³/mol. The van der Waals surface area contributed by atoms with Crippen LogP contribution in [0.15, 0.2) is 24.3 Å². The lowest BCUT2D eigenvalue weighted by atomic mass is 10.1. The van der Waals surface area contributed by atoms with Crippen LogP contribution in [0.4, 0.5) is 0 Å². The molecule has 88 valence electrons. The normalized spacial score (nSPS) is 11.8. The van der Waals surface area contributed by atoms with Crippen molar-refractivity contribution in [1.29, 1.82) is 5.41 Å². The average Bonchev–Trinajstić information content (AvgIpc) is 2.17. The topological polar surface area (TPSA) is 61.2 Å². The molecule has 1 rings (SSSR count). The summed E-state index contributed by atoms with van der Waals surface area (Å²) in [5.74, 6) is 0. The summed E-state index contributed by atoms with van der Waals surface area (Å²) in [7, 11) is -1.75. The van der Waals surface area contributed by atoms with E-state index in [9.17, 15) is 8.42 Å². The maximum atomic E-state index is 11.2. The number of nitrogens with zero attached hydrogens (tertiary/aromatic N) is 1. The number of sulfonamides is 1. The van der Waals surface area contributed by atoms with E-state index in [2.05, 4.69) is 0 Å². The Hall–Kier alpha value is -1.20. The summed E-state index contributed by atoms with van der Waals surface area (Å²) in [6.45, 7) is 2.07. The maximum absolute atomic E-state index is 11.2. The van der Waals surface area contributed by atoms with Gasteiger partial charge in [-0.1, -0.05) is 29.8 Å². The average molecular weight is 240 g/mol. The fourth-order valence-electron chi connectivity index (χ4n) is 1.19. The van der Waals surface area contributed by atoms with Gasteiger partial charge in [0, 0.05) is 7.05 Å². The number of rotatable bonds is 4. The Morgan fingerprint density at radius 3 is 2.25 bits per heavy atom. The molecule has 0 saturated carbocycles. The standard InChI is InChI=1S/C11H16N2O2S/c1-9-4-6-10(7-5-9)11(12)8-13(2)16(3,14)15/h4-7,12H,8H2,1-3H3. The molecule has 0 unspecified atom stereocenters. The Balaban J connectivity index is 2.77. The van der Waals surface area contributed by atoms with Crippen LogP contribution >= 0.6 is 0 Å². The number of likely N-dealkylation sites (N-methyl/N-ethyl adjacent to an activating group) is 1. The van der Waals surface area contributed by atoms with Gasteiger partial charge in [-0.05, 0) is 12.5 Å². The van der Waals surface area contributed by atoms with E-state index in [1.165, 1.54) is 7.05 Å². The zero-order valence-electron chi connectivity index (χ0n) is 9.69. The van der Waals surface area contributed by atoms with Crippen molar-refractivity contribution in [3.05, 3.63) is 35.4 Å². The van der Waals surface area contributed by atoms with Gasteiger partial charge in [0.15, 0.2) is 0 Å². The highest BCUT2D eigenvalue weighted by molar-refractivity contribution is 7.88. The molecule has 0 fully saturated rings. The van der Waals surface area contributed by atoms with Gasteiger partial charge in [0.1, 0.15) is 0 Å². The van der Waals surface area contributed by atoms with E-state index in [0.29, 0.717) is 5.71 Å². The van der Waals surface area contributed by atoms with Gasteiger partial charge in [-0.25, -0.2) is 8.42 Å². The second-order valence-corrected chi connectivity index (χ2v) is 5.95. The summed E-state index contributed by atoms with van der Waals surface area (Å²) in [6, 6.07) is 7.47. The van der Waals surface area contributed by atoms with Crippen LogP contribution in [0.2, 0.25) is 0 Å². The molecule has 0 aliphatic carbocycles. The third-order valence-corrected chi connectivity index (χ3v) is 3.61. The molecule has 16 heavy (non-hydrogen) atoms. The summed E-state index contributed by atoms with van der Waals surface area (Å²) in [5, 5.41) is 7.80. The summed E-state index contributed by atoms with van der Waals surface area (Å²) < 4.78 is 23.5. The van der Waals surface area contributed by atoms with Crippen LogP contribution < -0.4 is 0 Å². The number of aryl methyl sites for hydroxylation is 1. The fourth-order valence-corrected chi connectivity index (χ4v) is 1.55. The van der Waals surface area contributed by atoms with Crippen molar-refractivity contribution in [2.45, 2.75) is 6.92 Å². The lowest BCUT2D eigenvalue weighted by molar-refractivity contribution is 0.512. The van der Waals surface area contributed by atoms with E-state index in [1.807, 2.05) is 31.2 Å². The largest absolute Gasteiger partial charge is 0.303 e. The van der Waals surface area contributed by atoms with Crippen molar-refractivity contribution in [1.82, 2.24) is 4.31 Å². The number of nitrogens with one attached hydrogen (secondary N) is 1. The molecule has 0 spiro atoms. The first-order valence-corrected chi connectivity index (χ1v) is 6.71. The number of hydrogen-bond acceptors (Lipinski definition) is 3. The van der Waals surface area contributed by atoms with Crippen LogP contribution in [-0.4, -0.2) is 38.3 Å². The number of hydrogen-bond donors (Lipinski definition) is 1. The molecule has 0 radical (unpaired) electrons. The molecule has 0 aliphatic heterocycles. The fraction of sp³-hybridized carbons (Fsp3) is 0.364. The minimum atomic E-state index is -3.22. The molecule has 0 amide bonds. The van der Waals surface area contributed by atoms with E-state index in [-0.39, 0.29) is 6.54 Å². The van der Waals surface area contributed by atoms with E-state index >= 15 is 0 Å². The zero-order valence-corrected chi connectivity index (χ0v) is 10.5. The first-order chi connectivity index (χ1) is 7.30. The van der Waals surface area contributed by atoms with Crippen molar-refractivity contribution < 1.29 is 8.42 Å². The third kappa shape index (κ3) is 3.43. The Labute approximate surface area is 96.5 Å². The van der Waals surface area contributed by atoms with Crippen molar-refractivity contribution in [3.63, 3.8) is 0 Å². The minimum Gasteiger partial charge on any atom is -0.303 e. The van der Waals surface area contributed by atoms with Gasteiger partial charge in [-0.2, -0.15) is 4.31 Å². The molecule has 1 N–H and O–H groups in total. The number of benzene rings is 1. The van der Waals surface area contributed by atoms with Crippen LogP contribution in [-0.2, 0) is 10.0 Å². The lowest BCUT2D eigenvalue weighted by Gasteiger charge is -2.14. The maximum Gasteiger partial charge on any atom is 0.211 e. The molecule has 0 heterocycles. The summed E-state index contributed by atoms with van der Waals surface area (Å²) >= 11 is 0. The first kappa shape index (κ1) is 12.9.